The highest BCUT2D eigenvalue weighted by molar-refractivity contribution is 6.35. The molecule has 1 aromatic carbocycles. The zero-order valence-electron chi connectivity index (χ0n) is 11.8. The maximum absolute atomic E-state index is 11.9. The second-order valence-corrected chi connectivity index (χ2v) is 5.55. The first kappa shape index (κ1) is 17.6. The largest absolute Gasteiger partial charge is 0.481 e. The number of benzene rings is 1. The number of amides is 2. The second-order valence-electron chi connectivity index (χ2n) is 4.71. The third kappa shape index (κ3) is 5.81. The number of carboxylic acids is 1. The van der Waals surface area contributed by atoms with E-state index < -0.39 is 18.0 Å². The molecule has 0 saturated carbocycles. The van der Waals surface area contributed by atoms with Gasteiger partial charge in [-0.2, -0.15) is 0 Å². The van der Waals surface area contributed by atoms with Crippen LogP contribution < -0.4 is 10.6 Å². The molecular formula is C14H18Cl2N2O3. The van der Waals surface area contributed by atoms with Gasteiger partial charge >= 0.3 is 12.0 Å². The second kappa shape index (κ2) is 8.10. The van der Waals surface area contributed by atoms with Crippen molar-refractivity contribution < 1.29 is 14.7 Å². The molecule has 21 heavy (non-hydrogen) atoms. The van der Waals surface area contributed by atoms with Crippen LogP contribution in [-0.4, -0.2) is 23.1 Å². The van der Waals surface area contributed by atoms with Crippen LogP contribution in [0, 0.1) is 0 Å². The maximum atomic E-state index is 11.9. The lowest BCUT2D eigenvalue weighted by Crippen LogP contribution is -2.43. The summed E-state index contributed by atoms with van der Waals surface area (Å²) in [6, 6.07) is 3.88. The van der Waals surface area contributed by atoms with Crippen LogP contribution in [-0.2, 0) is 4.79 Å². The molecule has 7 heteroatoms. The van der Waals surface area contributed by atoms with Gasteiger partial charge < -0.3 is 15.7 Å². The number of urea groups is 1. The maximum Gasteiger partial charge on any atom is 0.315 e. The summed E-state index contributed by atoms with van der Waals surface area (Å²) in [6.45, 7) is 3.60. The molecule has 0 aliphatic heterocycles. The number of rotatable bonds is 6. The molecule has 1 rings (SSSR count). The van der Waals surface area contributed by atoms with Gasteiger partial charge in [0, 0.05) is 16.1 Å². The van der Waals surface area contributed by atoms with Crippen LogP contribution in [0.15, 0.2) is 18.2 Å². The molecule has 2 unspecified atom stereocenters. The molecule has 0 heterocycles. The fourth-order valence-electron chi connectivity index (χ4n) is 1.86. The van der Waals surface area contributed by atoms with Crippen molar-refractivity contribution in [3.63, 3.8) is 0 Å². The molecule has 0 radical (unpaired) electrons. The van der Waals surface area contributed by atoms with Crippen LogP contribution in [0.3, 0.4) is 0 Å². The predicted molar refractivity (Wildman–Crippen MR) is 82.9 cm³/mol. The van der Waals surface area contributed by atoms with Crippen molar-refractivity contribution in [1.82, 2.24) is 10.6 Å². The van der Waals surface area contributed by atoms with E-state index in [1.54, 1.807) is 25.1 Å². The van der Waals surface area contributed by atoms with E-state index in [2.05, 4.69) is 10.6 Å². The summed E-state index contributed by atoms with van der Waals surface area (Å²) in [4.78, 5) is 22.5. The minimum absolute atomic E-state index is 0.111. The fourth-order valence-corrected chi connectivity index (χ4v) is 2.43. The van der Waals surface area contributed by atoms with E-state index in [-0.39, 0.29) is 12.5 Å². The SMILES string of the molecule is CCC(CC(=O)O)NC(=O)NC(C)c1ccc(Cl)cc1Cl. The van der Waals surface area contributed by atoms with Gasteiger partial charge in [0.2, 0.25) is 0 Å². The van der Waals surface area contributed by atoms with Crippen LogP contribution in [0.2, 0.25) is 10.0 Å². The quantitative estimate of drug-likeness (QED) is 0.744. The van der Waals surface area contributed by atoms with Crippen LogP contribution >= 0.6 is 23.2 Å². The lowest BCUT2D eigenvalue weighted by atomic mass is 10.1. The summed E-state index contributed by atoms with van der Waals surface area (Å²) in [7, 11) is 0. The number of carboxylic acid groups (broad SMARTS) is 1. The van der Waals surface area contributed by atoms with E-state index in [9.17, 15) is 9.59 Å². The Morgan fingerprint density at radius 2 is 1.95 bits per heavy atom. The molecule has 3 N–H and O–H groups in total. The Labute approximate surface area is 133 Å². The third-order valence-electron chi connectivity index (χ3n) is 3.03. The van der Waals surface area contributed by atoms with Gasteiger partial charge in [-0.3, -0.25) is 4.79 Å². The van der Waals surface area contributed by atoms with Gasteiger partial charge in [0.1, 0.15) is 0 Å². The molecule has 5 nitrogen and oxygen atoms in total. The van der Waals surface area contributed by atoms with Crippen molar-refractivity contribution in [3.05, 3.63) is 33.8 Å². The van der Waals surface area contributed by atoms with Gasteiger partial charge in [-0.1, -0.05) is 36.2 Å². The summed E-state index contributed by atoms with van der Waals surface area (Å²) >= 11 is 11.9. The third-order valence-corrected chi connectivity index (χ3v) is 3.59. The number of hydrogen-bond acceptors (Lipinski definition) is 2. The van der Waals surface area contributed by atoms with E-state index >= 15 is 0 Å². The normalized spacial score (nSPS) is 13.3. The average Bonchev–Trinajstić information content (AvgIpc) is 2.36. The minimum Gasteiger partial charge on any atom is -0.481 e. The van der Waals surface area contributed by atoms with Crippen molar-refractivity contribution >= 4 is 35.2 Å². The Kier molecular flexibility index (Phi) is 6.78. The van der Waals surface area contributed by atoms with Crippen molar-refractivity contribution in [2.75, 3.05) is 0 Å². The van der Waals surface area contributed by atoms with Crippen molar-refractivity contribution in [2.45, 2.75) is 38.8 Å². The van der Waals surface area contributed by atoms with E-state index in [0.29, 0.717) is 16.5 Å². The Balaban J connectivity index is 2.63. The number of nitrogens with one attached hydrogen (secondary N) is 2. The minimum atomic E-state index is -0.948. The standard InChI is InChI=1S/C14H18Cl2N2O3/c1-3-10(7-13(19)20)18-14(21)17-8(2)11-5-4-9(15)6-12(11)16/h4-6,8,10H,3,7H2,1-2H3,(H,19,20)(H2,17,18,21). The fraction of sp³-hybridized carbons (Fsp3) is 0.429. The molecule has 0 aromatic heterocycles. The molecule has 2 amide bonds. The first-order chi connectivity index (χ1) is 9.83. The molecule has 0 bridgehead atoms. The van der Waals surface area contributed by atoms with Crippen LogP contribution in [0.4, 0.5) is 4.79 Å². The Hall–Kier alpha value is -1.46. The Bertz CT molecular complexity index is 523. The van der Waals surface area contributed by atoms with Crippen LogP contribution in [0.1, 0.15) is 38.3 Å². The number of carbonyl (C=O) groups is 2. The van der Waals surface area contributed by atoms with Gasteiger partial charge in [0.05, 0.1) is 12.5 Å². The van der Waals surface area contributed by atoms with E-state index in [1.165, 1.54) is 0 Å². The molecule has 0 aliphatic carbocycles. The monoisotopic (exact) mass is 332 g/mol. The van der Waals surface area contributed by atoms with E-state index in [4.69, 9.17) is 28.3 Å². The first-order valence-electron chi connectivity index (χ1n) is 6.57. The highest BCUT2D eigenvalue weighted by atomic mass is 35.5. The van der Waals surface area contributed by atoms with Crippen molar-refractivity contribution in [1.29, 1.82) is 0 Å². The molecule has 2 atom stereocenters. The van der Waals surface area contributed by atoms with Crippen LogP contribution in [0.25, 0.3) is 0 Å². The summed E-state index contributed by atoms with van der Waals surface area (Å²) in [5.41, 5.74) is 0.738. The highest BCUT2D eigenvalue weighted by Crippen LogP contribution is 2.25. The van der Waals surface area contributed by atoms with Crippen molar-refractivity contribution in [2.24, 2.45) is 0 Å². The van der Waals surface area contributed by atoms with E-state index in [0.717, 1.165) is 5.56 Å². The zero-order valence-corrected chi connectivity index (χ0v) is 13.3. The number of aliphatic carboxylic acids is 1. The topological polar surface area (TPSA) is 78.4 Å². The van der Waals surface area contributed by atoms with Gasteiger partial charge in [-0.05, 0) is 31.0 Å². The molecule has 0 aliphatic rings. The lowest BCUT2D eigenvalue weighted by molar-refractivity contribution is -0.137. The van der Waals surface area contributed by atoms with E-state index in [1.807, 2.05) is 6.92 Å². The first-order valence-corrected chi connectivity index (χ1v) is 7.32. The highest BCUT2D eigenvalue weighted by Gasteiger charge is 2.17. The summed E-state index contributed by atoms with van der Waals surface area (Å²) in [5, 5.41) is 15.1. The van der Waals surface area contributed by atoms with Crippen molar-refractivity contribution in [3.8, 4) is 0 Å². The molecule has 0 saturated heterocycles. The molecule has 116 valence electrons. The molecular weight excluding hydrogens is 315 g/mol. The number of hydrogen-bond donors (Lipinski definition) is 3. The zero-order chi connectivity index (χ0) is 16.0. The van der Waals surface area contributed by atoms with Gasteiger partial charge in [-0.15, -0.1) is 0 Å². The summed E-state index contributed by atoms with van der Waals surface area (Å²) in [6.07, 6.45) is 0.426. The molecule has 0 spiro atoms. The predicted octanol–water partition coefficient (Wildman–Crippen LogP) is 3.61. The smallest absolute Gasteiger partial charge is 0.315 e. The summed E-state index contributed by atoms with van der Waals surface area (Å²) in [5.74, 6) is -0.948. The van der Waals surface area contributed by atoms with Crippen LogP contribution in [0.5, 0.6) is 0 Å². The molecule has 1 aromatic rings. The Morgan fingerprint density at radius 1 is 1.29 bits per heavy atom. The Morgan fingerprint density at radius 3 is 2.48 bits per heavy atom. The summed E-state index contributed by atoms with van der Waals surface area (Å²) < 4.78 is 0. The average molecular weight is 333 g/mol. The van der Waals surface area contributed by atoms with Gasteiger partial charge in [0.25, 0.3) is 0 Å². The number of carbonyl (C=O) groups excluding carboxylic acids is 1. The van der Waals surface area contributed by atoms with Gasteiger partial charge in [-0.25, -0.2) is 4.79 Å². The number of halogens is 2. The van der Waals surface area contributed by atoms with Gasteiger partial charge in [0.15, 0.2) is 0 Å². The lowest BCUT2D eigenvalue weighted by Gasteiger charge is -2.20. The molecule has 0 fully saturated rings.